The number of alkyl carbamates (subject to hydrolysis) is 1. The van der Waals surface area contributed by atoms with Gasteiger partial charge < -0.3 is 19.8 Å². The zero-order valence-corrected chi connectivity index (χ0v) is 13.6. The van der Waals surface area contributed by atoms with Gasteiger partial charge in [-0.25, -0.2) is 4.79 Å². The van der Waals surface area contributed by atoms with Gasteiger partial charge in [-0.05, 0) is 47.0 Å². The molecule has 21 heavy (non-hydrogen) atoms. The molecule has 0 aliphatic carbocycles. The fourth-order valence-electron chi connectivity index (χ4n) is 1.82. The van der Waals surface area contributed by atoms with Gasteiger partial charge in [0.2, 0.25) is 0 Å². The zero-order valence-electron chi connectivity index (χ0n) is 13.6. The highest BCUT2D eigenvalue weighted by Gasteiger charge is 2.17. The van der Waals surface area contributed by atoms with Crippen LogP contribution in [-0.2, 0) is 4.74 Å². The van der Waals surface area contributed by atoms with Gasteiger partial charge in [-0.15, -0.1) is 0 Å². The van der Waals surface area contributed by atoms with Gasteiger partial charge in [0, 0.05) is 19.6 Å². The number of carbonyl (C=O) groups is 1. The van der Waals surface area contributed by atoms with Crippen LogP contribution in [0.5, 0.6) is 0 Å². The normalized spacial score (nSPS) is 13.2. The Morgan fingerprint density at radius 1 is 1.38 bits per heavy atom. The van der Waals surface area contributed by atoms with Gasteiger partial charge in [0.1, 0.15) is 11.4 Å². The van der Waals surface area contributed by atoms with E-state index in [0.717, 1.165) is 12.3 Å². The third kappa shape index (κ3) is 7.15. The number of amides is 1. The monoisotopic (exact) mass is 297 g/mol. The first-order valence-corrected chi connectivity index (χ1v) is 7.17. The number of ether oxygens (including phenoxy) is 1. The van der Waals surface area contributed by atoms with Gasteiger partial charge in [-0.1, -0.05) is 0 Å². The molecule has 120 valence electrons. The third-order valence-corrected chi connectivity index (χ3v) is 2.80. The summed E-state index contributed by atoms with van der Waals surface area (Å²) in [6.07, 6.45) is 1.29. The van der Waals surface area contributed by atoms with Crippen molar-refractivity contribution in [2.24, 2.45) is 0 Å². The quantitative estimate of drug-likeness (QED) is 0.754. The lowest BCUT2D eigenvalue weighted by Crippen LogP contribution is -2.38. The van der Waals surface area contributed by atoms with Crippen molar-refractivity contribution >= 4 is 6.09 Å². The first-order valence-electron chi connectivity index (χ1n) is 7.17. The number of hydrogen-bond donors (Lipinski definition) is 2. The Bertz CT molecular complexity index is 410. The molecule has 1 amide bonds. The van der Waals surface area contributed by atoms with Crippen LogP contribution < -0.4 is 10.6 Å². The molecule has 6 heteroatoms. The van der Waals surface area contributed by atoms with Crippen molar-refractivity contribution < 1.29 is 13.9 Å². The van der Waals surface area contributed by atoms with Crippen LogP contribution in [0.4, 0.5) is 4.79 Å². The molecule has 0 spiro atoms. The lowest BCUT2D eigenvalue weighted by atomic mass is 10.2. The van der Waals surface area contributed by atoms with Crippen molar-refractivity contribution in [3.63, 3.8) is 0 Å². The van der Waals surface area contributed by atoms with Gasteiger partial charge in [0.25, 0.3) is 0 Å². The average Bonchev–Trinajstić information content (AvgIpc) is 2.84. The molecule has 0 radical (unpaired) electrons. The van der Waals surface area contributed by atoms with E-state index in [4.69, 9.17) is 9.15 Å². The van der Waals surface area contributed by atoms with Crippen molar-refractivity contribution in [2.45, 2.75) is 32.4 Å². The summed E-state index contributed by atoms with van der Waals surface area (Å²) in [5.41, 5.74) is -0.465. The molecule has 0 aliphatic heterocycles. The molecule has 0 saturated carbocycles. The van der Waals surface area contributed by atoms with Crippen molar-refractivity contribution in [1.29, 1.82) is 0 Å². The zero-order chi connectivity index (χ0) is 15.9. The summed E-state index contributed by atoms with van der Waals surface area (Å²) in [6.45, 7) is 7.47. The number of carbonyl (C=O) groups excluding carboxylic acids is 1. The number of hydrogen-bond acceptors (Lipinski definition) is 5. The van der Waals surface area contributed by atoms with Crippen molar-refractivity contribution in [3.05, 3.63) is 24.2 Å². The van der Waals surface area contributed by atoms with Crippen LogP contribution in [0.1, 0.15) is 32.6 Å². The summed E-state index contributed by atoms with van der Waals surface area (Å²) in [4.78, 5) is 13.6. The second-order valence-corrected chi connectivity index (χ2v) is 6.13. The highest BCUT2D eigenvalue weighted by Crippen LogP contribution is 2.17. The summed E-state index contributed by atoms with van der Waals surface area (Å²) < 4.78 is 10.6. The van der Waals surface area contributed by atoms with Crippen LogP contribution in [-0.4, -0.2) is 50.3 Å². The molecule has 2 N–H and O–H groups in total. The van der Waals surface area contributed by atoms with Gasteiger partial charge in [0.05, 0.1) is 12.3 Å². The van der Waals surface area contributed by atoms with E-state index in [1.165, 1.54) is 0 Å². The van der Waals surface area contributed by atoms with Crippen molar-refractivity contribution in [2.75, 3.05) is 33.7 Å². The summed E-state index contributed by atoms with van der Waals surface area (Å²) in [7, 11) is 4.02. The van der Waals surface area contributed by atoms with Gasteiger partial charge in [0.15, 0.2) is 0 Å². The lowest BCUT2D eigenvalue weighted by molar-refractivity contribution is 0.0528. The Hall–Kier alpha value is -1.53. The van der Waals surface area contributed by atoms with Crippen LogP contribution in [0, 0.1) is 0 Å². The summed E-state index contributed by atoms with van der Waals surface area (Å²) in [5.74, 6) is 0.924. The third-order valence-electron chi connectivity index (χ3n) is 2.80. The van der Waals surface area contributed by atoms with Gasteiger partial charge in [-0.2, -0.15) is 0 Å². The van der Waals surface area contributed by atoms with E-state index in [-0.39, 0.29) is 12.1 Å². The van der Waals surface area contributed by atoms with E-state index in [2.05, 4.69) is 15.5 Å². The second-order valence-electron chi connectivity index (χ2n) is 6.13. The summed E-state index contributed by atoms with van der Waals surface area (Å²) in [6, 6.07) is 4.02. The van der Waals surface area contributed by atoms with E-state index in [1.807, 2.05) is 47.0 Å². The van der Waals surface area contributed by atoms with E-state index < -0.39 is 5.60 Å². The summed E-state index contributed by atoms with van der Waals surface area (Å²) in [5, 5.41) is 6.02. The SMILES string of the molecule is CN(C)C(CNCCNC(=O)OC(C)(C)C)c1ccco1. The molecule has 1 atom stereocenters. The molecule has 0 aliphatic rings. The minimum atomic E-state index is -0.465. The molecule has 1 rings (SSSR count). The maximum Gasteiger partial charge on any atom is 0.407 e. The number of nitrogens with one attached hydrogen (secondary N) is 2. The minimum absolute atomic E-state index is 0.168. The Balaban J connectivity index is 2.22. The molecule has 0 bridgehead atoms. The van der Waals surface area contributed by atoms with Crippen molar-refractivity contribution in [1.82, 2.24) is 15.5 Å². The predicted molar refractivity (Wildman–Crippen MR) is 82.2 cm³/mol. The number of likely N-dealkylation sites (N-methyl/N-ethyl adjacent to an activating group) is 1. The van der Waals surface area contributed by atoms with Crippen LogP contribution >= 0.6 is 0 Å². The summed E-state index contributed by atoms with van der Waals surface area (Å²) >= 11 is 0. The highest BCUT2D eigenvalue weighted by molar-refractivity contribution is 5.67. The number of furan rings is 1. The fourth-order valence-corrected chi connectivity index (χ4v) is 1.82. The van der Waals surface area contributed by atoms with Gasteiger partial charge >= 0.3 is 6.09 Å². The molecule has 1 unspecified atom stereocenters. The van der Waals surface area contributed by atoms with Crippen LogP contribution in [0.15, 0.2) is 22.8 Å². The minimum Gasteiger partial charge on any atom is -0.468 e. The first kappa shape index (κ1) is 17.5. The molecule has 6 nitrogen and oxygen atoms in total. The molecular formula is C15H27N3O3. The van der Waals surface area contributed by atoms with Crippen LogP contribution in [0.2, 0.25) is 0 Å². The fraction of sp³-hybridized carbons (Fsp3) is 0.667. The molecule has 1 aromatic rings. The molecule has 1 heterocycles. The molecule has 0 fully saturated rings. The van der Waals surface area contributed by atoms with E-state index in [1.54, 1.807) is 6.26 Å². The van der Waals surface area contributed by atoms with Gasteiger partial charge in [-0.3, -0.25) is 4.90 Å². The maximum atomic E-state index is 11.5. The predicted octanol–water partition coefficient (Wildman–Crippen LogP) is 2.00. The number of rotatable bonds is 7. The van der Waals surface area contributed by atoms with E-state index in [0.29, 0.717) is 13.1 Å². The van der Waals surface area contributed by atoms with E-state index >= 15 is 0 Å². The largest absolute Gasteiger partial charge is 0.468 e. The Morgan fingerprint density at radius 3 is 2.62 bits per heavy atom. The van der Waals surface area contributed by atoms with E-state index in [9.17, 15) is 4.79 Å². The number of nitrogens with zero attached hydrogens (tertiary/aromatic N) is 1. The molecule has 0 saturated heterocycles. The maximum absolute atomic E-state index is 11.5. The topological polar surface area (TPSA) is 66.7 Å². The Kier molecular flexibility index (Phi) is 6.71. The van der Waals surface area contributed by atoms with Crippen LogP contribution in [0.25, 0.3) is 0 Å². The van der Waals surface area contributed by atoms with Crippen molar-refractivity contribution in [3.8, 4) is 0 Å². The molecule has 0 aromatic carbocycles. The Labute approximate surface area is 126 Å². The highest BCUT2D eigenvalue weighted by atomic mass is 16.6. The lowest BCUT2D eigenvalue weighted by Gasteiger charge is -2.23. The first-order chi connectivity index (χ1) is 9.79. The standard InChI is InChI=1S/C15H27N3O3/c1-15(2,3)21-14(19)17-9-8-16-11-12(18(4)5)13-7-6-10-20-13/h6-7,10,12,16H,8-9,11H2,1-5H3,(H,17,19). The smallest absolute Gasteiger partial charge is 0.407 e. The van der Waals surface area contributed by atoms with Crippen LogP contribution in [0.3, 0.4) is 0 Å². The second kappa shape index (κ2) is 8.05. The Morgan fingerprint density at radius 2 is 2.10 bits per heavy atom. The average molecular weight is 297 g/mol. The molecular weight excluding hydrogens is 270 g/mol. The molecule has 1 aromatic heterocycles.